The highest BCUT2D eigenvalue weighted by molar-refractivity contribution is 4.83. The van der Waals surface area contributed by atoms with Crippen molar-refractivity contribution in [1.82, 2.24) is 0 Å². The summed E-state index contributed by atoms with van der Waals surface area (Å²) in [6.45, 7) is 9.76. The van der Waals surface area contributed by atoms with E-state index in [0.717, 1.165) is 23.7 Å². The Morgan fingerprint density at radius 3 is 2.00 bits per heavy atom. The Kier molecular flexibility index (Phi) is 4.43. The number of aliphatic hydroxyl groups is 1. The summed E-state index contributed by atoms with van der Waals surface area (Å²) in [6.07, 6.45) is 3.81. The molecule has 0 heterocycles. The lowest BCUT2D eigenvalue weighted by atomic mass is 9.66. The van der Waals surface area contributed by atoms with Crippen molar-refractivity contribution in [2.75, 3.05) is 6.61 Å². The molecule has 1 N–H and O–H groups in total. The molecule has 1 nitrogen and oxygen atoms in total. The summed E-state index contributed by atoms with van der Waals surface area (Å²) in [5, 5.41) is 9.22. The highest BCUT2D eigenvalue weighted by Gasteiger charge is 2.33. The first-order valence-corrected chi connectivity index (χ1v) is 6.17. The maximum Gasteiger partial charge on any atom is 0.0459 e. The van der Waals surface area contributed by atoms with Crippen LogP contribution in [0.25, 0.3) is 0 Å². The van der Waals surface area contributed by atoms with Gasteiger partial charge in [0.05, 0.1) is 0 Å². The highest BCUT2D eigenvalue weighted by Crippen LogP contribution is 2.41. The van der Waals surface area contributed by atoms with Crippen molar-refractivity contribution >= 4 is 0 Å². The Labute approximate surface area is 88.9 Å². The van der Waals surface area contributed by atoms with Crippen molar-refractivity contribution in [2.45, 2.75) is 47.0 Å². The van der Waals surface area contributed by atoms with Gasteiger partial charge in [-0.15, -0.1) is 0 Å². The van der Waals surface area contributed by atoms with Crippen LogP contribution in [0.4, 0.5) is 0 Å². The molecule has 0 bridgehead atoms. The zero-order valence-corrected chi connectivity index (χ0v) is 10.2. The minimum absolute atomic E-state index is 0.397. The minimum atomic E-state index is 0.397. The Bertz CT molecular complexity index is 163. The van der Waals surface area contributed by atoms with Crippen molar-refractivity contribution in [3.63, 3.8) is 0 Å². The molecule has 1 heteroatoms. The molecule has 0 aromatic carbocycles. The van der Waals surface area contributed by atoms with Crippen LogP contribution in [0.5, 0.6) is 0 Å². The van der Waals surface area contributed by atoms with E-state index in [-0.39, 0.29) is 0 Å². The third-order valence-electron chi connectivity index (χ3n) is 4.03. The lowest BCUT2D eigenvalue weighted by Crippen LogP contribution is -2.32. The fourth-order valence-corrected chi connectivity index (χ4v) is 3.08. The van der Waals surface area contributed by atoms with Gasteiger partial charge in [-0.25, -0.2) is 0 Å². The van der Waals surface area contributed by atoms with Crippen LogP contribution in [0.1, 0.15) is 47.0 Å². The van der Waals surface area contributed by atoms with Gasteiger partial charge in [0, 0.05) is 6.61 Å². The molecule has 3 unspecified atom stereocenters. The van der Waals surface area contributed by atoms with E-state index in [0.29, 0.717) is 12.5 Å². The lowest BCUT2D eigenvalue weighted by Gasteiger charge is -2.40. The predicted molar refractivity (Wildman–Crippen MR) is 61.1 cm³/mol. The topological polar surface area (TPSA) is 20.2 Å². The lowest BCUT2D eigenvalue weighted by molar-refractivity contribution is 0.0707. The molecule has 0 spiro atoms. The van der Waals surface area contributed by atoms with Crippen LogP contribution >= 0.6 is 0 Å². The van der Waals surface area contributed by atoms with E-state index in [1.165, 1.54) is 19.3 Å². The summed E-state index contributed by atoms with van der Waals surface area (Å²) in [4.78, 5) is 0. The van der Waals surface area contributed by atoms with Gasteiger partial charge in [0.25, 0.3) is 0 Å². The molecule has 1 saturated carbocycles. The van der Waals surface area contributed by atoms with Crippen molar-refractivity contribution in [3.05, 3.63) is 0 Å². The van der Waals surface area contributed by atoms with Crippen LogP contribution in [0, 0.1) is 29.6 Å². The molecule has 1 rings (SSSR count). The first-order valence-electron chi connectivity index (χ1n) is 6.17. The van der Waals surface area contributed by atoms with Gasteiger partial charge in [0.15, 0.2) is 0 Å². The van der Waals surface area contributed by atoms with Crippen molar-refractivity contribution in [2.24, 2.45) is 29.6 Å². The van der Waals surface area contributed by atoms with Crippen molar-refractivity contribution in [3.8, 4) is 0 Å². The second-order valence-corrected chi connectivity index (χ2v) is 5.68. The third-order valence-corrected chi connectivity index (χ3v) is 4.03. The second-order valence-electron chi connectivity index (χ2n) is 5.68. The van der Waals surface area contributed by atoms with Crippen LogP contribution in [-0.2, 0) is 0 Å². The molecular weight excluding hydrogens is 172 g/mol. The normalized spacial score (nSPS) is 34.1. The number of aliphatic hydroxyl groups excluding tert-OH is 1. The number of hydrogen-bond donors (Lipinski definition) is 1. The SMILES string of the molecule is CC(C)C1CCC(CO)CC1C(C)C. The standard InChI is InChI=1S/C13H26O/c1-9(2)12-6-5-11(8-14)7-13(12)10(3)4/h9-14H,5-8H2,1-4H3. The molecule has 0 amide bonds. The maximum absolute atomic E-state index is 9.22. The Balaban J connectivity index is 2.60. The van der Waals surface area contributed by atoms with Gasteiger partial charge < -0.3 is 5.11 Å². The van der Waals surface area contributed by atoms with Gasteiger partial charge in [-0.1, -0.05) is 27.7 Å². The Hall–Kier alpha value is -0.0400. The average Bonchev–Trinajstić information content (AvgIpc) is 2.16. The van der Waals surface area contributed by atoms with Gasteiger partial charge >= 0.3 is 0 Å². The summed E-state index contributed by atoms with van der Waals surface area (Å²) in [7, 11) is 0. The molecular formula is C13H26O. The smallest absolute Gasteiger partial charge is 0.0459 e. The number of rotatable bonds is 3. The molecule has 0 aromatic rings. The summed E-state index contributed by atoms with van der Waals surface area (Å²) < 4.78 is 0. The molecule has 1 aliphatic rings. The molecule has 0 aliphatic heterocycles. The molecule has 0 aromatic heterocycles. The summed E-state index contributed by atoms with van der Waals surface area (Å²) >= 11 is 0. The highest BCUT2D eigenvalue weighted by atomic mass is 16.3. The number of hydrogen-bond acceptors (Lipinski definition) is 1. The molecule has 0 saturated heterocycles. The van der Waals surface area contributed by atoms with Crippen LogP contribution < -0.4 is 0 Å². The van der Waals surface area contributed by atoms with E-state index in [4.69, 9.17) is 0 Å². The van der Waals surface area contributed by atoms with E-state index in [1.807, 2.05) is 0 Å². The Morgan fingerprint density at radius 2 is 1.57 bits per heavy atom. The molecule has 3 atom stereocenters. The molecule has 84 valence electrons. The van der Waals surface area contributed by atoms with Gasteiger partial charge in [0.1, 0.15) is 0 Å². The minimum Gasteiger partial charge on any atom is -0.396 e. The second kappa shape index (κ2) is 5.16. The molecule has 14 heavy (non-hydrogen) atoms. The zero-order chi connectivity index (χ0) is 10.7. The van der Waals surface area contributed by atoms with Crippen molar-refractivity contribution in [1.29, 1.82) is 0 Å². The van der Waals surface area contributed by atoms with E-state index >= 15 is 0 Å². The first-order chi connectivity index (χ1) is 6.56. The summed E-state index contributed by atoms with van der Waals surface area (Å²) in [6, 6.07) is 0. The van der Waals surface area contributed by atoms with Crippen molar-refractivity contribution < 1.29 is 5.11 Å². The van der Waals surface area contributed by atoms with Gasteiger partial charge in [-0.05, 0) is 48.9 Å². The Morgan fingerprint density at radius 1 is 1.00 bits per heavy atom. The first kappa shape index (κ1) is 12.0. The van der Waals surface area contributed by atoms with E-state index in [9.17, 15) is 5.11 Å². The summed E-state index contributed by atoms with van der Waals surface area (Å²) in [5.74, 6) is 3.88. The molecule has 1 fully saturated rings. The van der Waals surface area contributed by atoms with E-state index in [1.54, 1.807) is 0 Å². The van der Waals surface area contributed by atoms with Crippen LogP contribution in [0.3, 0.4) is 0 Å². The van der Waals surface area contributed by atoms with E-state index in [2.05, 4.69) is 27.7 Å². The van der Waals surface area contributed by atoms with Gasteiger partial charge in [-0.2, -0.15) is 0 Å². The van der Waals surface area contributed by atoms with Gasteiger partial charge in [-0.3, -0.25) is 0 Å². The monoisotopic (exact) mass is 198 g/mol. The molecule has 1 aliphatic carbocycles. The molecule has 0 radical (unpaired) electrons. The third kappa shape index (κ3) is 2.73. The van der Waals surface area contributed by atoms with E-state index < -0.39 is 0 Å². The van der Waals surface area contributed by atoms with Crippen LogP contribution in [-0.4, -0.2) is 11.7 Å². The zero-order valence-electron chi connectivity index (χ0n) is 10.2. The fourth-order valence-electron chi connectivity index (χ4n) is 3.08. The fraction of sp³-hybridized carbons (Fsp3) is 1.00. The van der Waals surface area contributed by atoms with Crippen LogP contribution in [0.2, 0.25) is 0 Å². The maximum atomic E-state index is 9.22. The average molecular weight is 198 g/mol. The predicted octanol–water partition coefficient (Wildman–Crippen LogP) is 3.32. The largest absolute Gasteiger partial charge is 0.396 e. The van der Waals surface area contributed by atoms with Gasteiger partial charge in [0.2, 0.25) is 0 Å². The summed E-state index contributed by atoms with van der Waals surface area (Å²) in [5.41, 5.74) is 0. The van der Waals surface area contributed by atoms with Crippen LogP contribution in [0.15, 0.2) is 0 Å². The quantitative estimate of drug-likeness (QED) is 0.737.